The number of benzene rings is 2. The fourth-order valence-corrected chi connectivity index (χ4v) is 2.98. The molecule has 0 N–H and O–H groups in total. The Morgan fingerprint density at radius 3 is 2.04 bits per heavy atom. The Labute approximate surface area is 161 Å². The first kappa shape index (κ1) is 17.8. The quantitative estimate of drug-likeness (QED) is 0.539. The molecule has 28 heavy (non-hydrogen) atoms. The van der Waals surface area contributed by atoms with Gasteiger partial charge in [-0.25, -0.2) is 19.0 Å². The van der Waals surface area contributed by atoms with Gasteiger partial charge in [0.05, 0.1) is 11.2 Å². The van der Waals surface area contributed by atoms with E-state index in [9.17, 15) is 9.59 Å². The van der Waals surface area contributed by atoms with Gasteiger partial charge in [0.15, 0.2) is 17.3 Å². The molecule has 2 aromatic rings. The minimum Gasteiger partial charge on any atom is -0.266 e. The molecule has 4 rings (SSSR count). The maximum absolute atomic E-state index is 13.2. The summed E-state index contributed by atoms with van der Waals surface area (Å²) in [6, 6.07) is 18.1. The number of fused-ring (bicyclic) bond motifs is 1. The smallest absolute Gasteiger partial charge is 0.266 e. The molecule has 7 heteroatoms. The molecule has 7 nitrogen and oxygen atoms in total. The van der Waals surface area contributed by atoms with Crippen molar-refractivity contribution in [3.05, 3.63) is 81.5 Å². The van der Waals surface area contributed by atoms with Crippen LogP contribution in [0.15, 0.2) is 70.3 Å². The van der Waals surface area contributed by atoms with Crippen LogP contribution < -0.4 is 11.2 Å². The van der Waals surface area contributed by atoms with Crippen LogP contribution in [0.25, 0.3) is 28.6 Å². The molecular weight excluding hydrogens is 354 g/mol. The van der Waals surface area contributed by atoms with Crippen LogP contribution in [-0.4, -0.2) is 24.3 Å². The van der Waals surface area contributed by atoms with Crippen LogP contribution in [0.2, 0.25) is 0 Å². The summed E-state index contributed by atoms with van der Waals surface area (Å²) in [5, 5.41) is 4.58. The minimum atomic E-state index is -0.655. The second kappa shape index (κ2) is 6.53. The monoisotopic (exact) mass is 373 g/mol. The van der Waals surface area contributed by atoms with Crippen molar-refractivity contribution in [2.24, 2.45) is 0 Å². The van der Waals surface area contributed by atoms with Gasteiger partial charge in [0.1, 0.15) is 0 Å². The first-order chi connectivity index (χ1) is 13.4. The summed E-state index contributed by atoms with van der Waals surface area (Å²) in [4.78, 5) is 34.5. The van der Waals surface area contributed by atoms with E-state index in [1.165, 1.54) is 0 Å². The molecule has 140 valence electrons. The van der Waals surface area contributed by atoms with E-state index >= 15 is 0 Å². The largest absolute Gasteiger partial charge is 0.357 e. The van der Waals surface area contributed by atoms with Gasteiger partial charge in [-0.3, -0.25) is 4.79 Å². The van der Waals surface area contributed by atoms with Crippen LogP contribution in [0.3, 0.4) is 0 Å². The van der Waals surface area contributed by atoms with Gasteiger partial charge in [0.2, 0.25) is 0 Å². The van der Waals surface area contributed by atoms with Crippen molar-refractivity contribution in [3.63, 3.8) is 0 Å². The third-order valence-corrected chi connectivity index (χ3v) is 4.31. The van der Waals surface area contributed by atoms with E-state index in [4.69, 9.17) is 0 Å². The molecule has 0 amide bonds. The molecule has 0 fully saturated rings. The number of rotatable bonds is 2. The highest BCUT2D eigenvalue weighted by Crippen LogP contribution is 2.24. The highest BCUT2D eigenvalue weighted by molar-refractivity contribution is 5.59. The van der Waals surface area contributed by atoms with Gasteiger partial charge >= 0.3 is 5.69 Å². The maximum atomic E-state index is 13.2. The highest BCUT2D eigenvalue weighted by atomic mass is 16.2. The zero-order chi connectivity index (χ0) is 19.9. The van der Waals surface area contributed by atoms with Crippen LogP contribution in [0, 0.1) is 0 Å². The molecule has 0 atom stereocenters. The van der Waals surface area contributed by atoms with Gasteiger partial charge < -0.3 is 0 Å². The molecule has 2 aliphatic heterocycles. The van der Waals surface area contributed by atoms with Gasteiger partial charge in [-0.15, -0.1) is 5.10 Å². The molecule has 0 spiro atoms. The highest BCUT2D eigenvalue weighted by Gasteiger charge is 2.27. The second-order valence-electron chi connectivity index (χ2n) is 7.43. The SMILES string of the molecule is CC(C)(C)n1nc(-c2ccccc2)nc2c(=O)n(-c3ccccc3)c(=O)nc1-2. The van der Waals surface area contributed by atoms with Crippen LogP contribution in [0.4, 0.5) is 0 Å². The van der Waals surface area contributed by atoms with Crippen LogP contribution in [0.5, 0.6) is 0 Å². The standard InChI is InChI=1S/C21H19N5O2/c1-21(2,3)26-18-16(22-17(24-26)14-10-6-4-7-11-14)19(27)25(20(28)23-18)15-12-8-5-9-13-15/h4-13H,1-3H3. The van der Waals surface area contributed by atoms with E-state index in [2.05, 4.69) is 15.1 Å². The fourth-order valence-electron chi connectivity index (χ4n) is 2.98. The molecule has 0 unspecified atom stereocenters. The molecule has 0 saturated heterocycles. The Balaban J connectivity index is 2.11. The number of para-hydroxylation sites is 1. The average Bonchev–Trinajstić information content (AvgIpc) is 2.68. The van der Waals surface area contributed by atoms with Gasteiger partial charge in [0.25, 0.3) is 5.56 Å². The van der Waals surface area contributed by atoms with Crippen LogP contribution in [0.1, 0.15) is 20.8 Å². The Hall–Kier alpha value is -3.61. The summed E-state index contributed by atoms with van der Waals surface area (Å²) in [5.41, 5.74) is -0.340. The lowest BCUT2D eigenvalue weighted by molar-refractivity contribution is 0.347. The topological polar surface area (TPSA) is 82.7 Å². The second-order valence-corrected chi connectivity index (χ2v) is 7.43. The zero-order valence-corrected chi connectivity index (χ0v) is 15.8. The average molecular weight is 373 g/mol. The third kappa shape index (κ3) is 3.00. The number of aromatic nitrogens is 5. The summed E-state index contributed by atoms with van der Waals surface area (Å²) >= 11 is 0. The van der Waals surface area contributed by atoms with Crippen LogP contribution >= 0.6 is 0 Å². The van der Waals surface area contributed by atoms with Gasteiger partial charge in [-0.05, 0) is 32.9 Å². The van der Waals surface area contributed by atoms with Gasteiger partial charge in [0, 0.05) is 5.56 Å². The summed E-state index contributed by atoms with van der Waals surface area (Å²) < 4.78 is 2.63. The van der Waals surface area contributed by atoms with E-state index in [0.29, 0.717) is 11.5 Å². The van der Waals surface area contributed by atoms with E-state index in [0.717, 1.165) is 10.1 Å². The Morgan fingerprint density at radius 1 is 0.821 bits per heavy atom. The van der Waals surface area contributed by atoms with Crippen LogP contribution in [-0.2, 0) is 5.54 Å². The molecular formula is C21H19N5O2. The first-order valence-corrected chi connectivity index (χ1v) is 8.92. The molecule has 0 saturated carbocycles. The normalized spacial score (nSPS) is 11.7. The Kier molecular flexibility index (Phi) is 4.15. The first-order valence-electron chi connectivity index (χ1n) is 8.92. The van der Waals surface area contributed by atoms with Crippen molar-refractivity contribution in [2.75, 3.05) is 0 Å². The summed E-state index contributed by atoms with van der Waals surface area (Å²) in [6.07, 6.45) is 0. The lowest BCUT2D eigenvalue weighted by Gasteiger charge is -2.25. The fraction of sp³-hybridized carbons (Fsp3) is 0.190. The molecule has 2 aromatic carbocycles. The summed E-state index contributed by atoms with van der Waals surface area (Å²) in [6.45, 7) is 5.80. The summed E-state index contributed by atoms with van der Waals surface area (Å²) in [5.74, 6) is 0.578. The Bertz CT molecular complexity index is 1220. The van der Waals surface area contributed by atoms with E-state index in [1.54, 1.807) is 28.9 Å². The van der Waals surface area contributed by atoms with E-state index in [1.807, 2.05) is 57.2 Å². The van der Waals surface area contributed by atoms with Crippen molar-refractivity contribution >= 4 is 0 Å². The molecule has 0 aromatic heterocycles. The van der Waals surface area contributed by atoms with Crippen molar-refractivity contribution in [1.82, 2.24) is 24.3 Å². The van der Waals surface area contributed by atoms with Crippen molar-refractivity contribution < 1.29 is 0 Å². The molecule has 0 aliphatic carbocycles. The maximum Gasteiger partial charge on any atom is 0.357 e. The lowest BCUT2D eigenvalue weighted by atomic mass is 10.1. The zero-order valence-electron chi connectivity index (χ0n) is 15.8. The lowest BCUT2D eigenvalue weighted by Crippen LogP contribution is -2.40. The number of hydrogen-bond donors (Lipinski definition) is 0. The molecule has 2 heterocycles. The number of nitrogens with zero attached hydrogens (tertiary/aromatic N) is 5. The summed E-state index contributed by atoms with van der Waals surface area (Å²) in [7, 11) is 0. The molecule has 2 aliphatic rings. The molecule has 0 bridgehead atoms. The predicted octanol–water partition coefficient (Wildman–Crippen LogP) is 2.71. The predicted molar refractivity (Wildman–Crippen MR) is 107 cm³/mol. The van der Waals surface area contributed by atoms with Gasteiger partial charge in [-0.1, -0.05) is 48.5 Å². The number of hydrogen-bond acceptors (Lipinski definition) is 5. The van der Waals surface area contributed by atoms with Crippen molar-refractivity contribution in [2.45, 2.75) is 26.3 Å². The third-order valence-electron chi connectivity index (χ3n) is 4.31. The Morgan fingerprint density at radius 2 is 1.43 bits per heavy atom. The molecule has 0 radical (unpaired) electrons. The minimum absolute atomic E-state index is 0.104. The van der Waals surface area contributed by atoms with Gasteiger partial charge in [-0.2, -0.15) is 4.98 Å². The van der Waals surface area contributed by atoms with E-state index < -0.39 is 16.8 Å². The van der Waals surface area contributed by atoms with E-state index in [-0.39, 0.29) is 11.5 Å². The van der Waals surface area contributed by atoms with Crippen molar-refractivity contribution in [3.8, 4) is 28.6 Å². The van der Waals surface area contributed by atoms with Crippen molar-refractivity contribution in [1.29, 1.82) is 0 Å².